The summed E-state index contributed by atoms with van der Waals surface area (Å²) in [4.78, 5) is 26.4. The van der Waals surface area contributed by atoms with Crippen LogP contribution in [0.15, 0.2) is 6.33 Å². The fraction of sp³-hybridized carbons (Fsp3) is 0.500. The molecule has 1 radical (unpaired) electrons. The van der Waals surface area contributed by atoms with Gasteiger partial charge in [-0.15, -0.1) is 0 Å². The minimum atomic E-state index is -0.0332. The first-order valence-corrected chi connectivity index (χ1v) is 6.18. The molecule has 0 saturated carbocycles. The first-order valence-electron chi connectivity index (χ1n) is 6.18. The van der Waals surface area contributed by atoms with E-state index >= 15 is 0 Å². The average Bonchev–Trinajstić information content (AvgIpc) is 2.84. The number of unbranched alkanes of at least 4 members (excludes halogenated alkanes) is 3. The Morgan fingerprint density at radius 1 is 1.37 bits per heavy atom. The molecule has 0 aromatic carbocycles. The van der Waals surface area contributed by atoms with Gasteiger partial charge in [-0.1, -0.05) is 26.2 Å². The molecule has 2 rings (SSSR count). The zero-order valence-electron chi connectivity index (χ0n) is 10.9. The molecule has 2 heterocycles. The molecule has 0 aliphatic carbocycles. The van der Waals surface area contributed by atoms with Gasteiger partial charge in [-0.25, -0.2) is 0 Å². The molecular weight excluding hydrogens is 319 g/mol. The fourth-order valence-corrected chi connectivity index (χ4v) is 1.72. The third-order valence-corrected chi connectivity index (χ3v) is 2.69. The number of H-pyrrole nitrogens is 1. The van der Waals surface area contributed by atoms with Crippen molar-refractivity contribution in [3.8, 4) is 0 Å². The van der Waals surface area contributed by atoms with E-state index in [9.17, 15) is 4.79 Å². The molecule has 99 valence electrons. The number of rotatable bonds is 6. The third-order valence-electron chi connectivity index (χ3n) is 2.69. The second kappa shape index (κ2) is 8.33. The maximum atomic E-state index is 11.7. The largest absolute Gasteiger partial charge is 0.363 e. The van der Waals surface area contributed by atoms with Crippen molar-refractivity contribution in [3.63, 3.8) is 0 Å². The van der Waals surface area contributed by atoms with Gasteiger partial charge in [0, 0.05) is 56.8 Å². The molecule has 0 saturated heterocycles. The standard InChI is InChI=1S/C12H16N5O.Y/c1-2-3-4-5-6-9(18)17-12-10-11(14-7-13-10)15-8-16-12;/h7H,2-6H2,1H3,(H2,13,14,15,16,17,18);/q-1;. The number of anilines is 1. The molecule has 19 heavy (non-hydrogen) atoms. The molecule has 0 unspecified atom stereocenters. The molecule has 0 aliphatic heterocycles. The number of aromatic amines is 1. The Bertz CT molecular complexity index is 528. The van der Waals surface area contributed by atoms with Crippen LogP contribution in [-0.2, 0) is 37.5 Å². The molecule has 6 nitrogen and oxygen atoms in total. The van der Waals surface area contributed by atoms with Crippen molar-refractivity contribution in [1.29, 1.82) is 0 Å². The van der Waals surface area contributed by atoms with Crippen LogP contribution >= 0.6 is 0 Å². The number of nitrogens with zero attached hydrogens (tertiary/aromatic N) is 3. The molecule has 0 spiro atoms. The monoisotopic (exact) mass is 335 g/mol. The van der Waals surface area contributed by atoms with E-state index in [2.05, 4.69) is 38.5 Å². The van der Waals surface area contributed by atoms with Crippen molar-refractivity contribution < 1.29 is 37.5 Å². The normalized spacial score (nSPS) is 10.2. The van der Waals surface area contributed by atoms with Crippen molar-refractivity contribution in [2.75, 3.05) is 5.32 Å². The second-order valence-electron chi connectivity index (χ2n) is 4.13. The van der Waals surface area contributed by atoms with Crippen LogP contribution in [-0.4, -0.2) is 25.8 Å². The smallest absolute Gasteiger partial charge is 0.214 e. The van der Waals surface area contributed by atoms with E-state index in [4.69, 9.17) is 0 Å². The van der Waals surface area contributed by atoms with E-state index in [1.54, 1.807) is 0 Å². The van der Waals surface area contributed by atoms with Gasteiger partial charge in [0.25, 0.3) is 0 Å². The predicted molar refractivity (Wildman–Crippen MR) is 67.9 cm³/mol. The summed E-state index contributed by atoms with van der Waals surface area (Å²) >= 11 is 0. The topological polar surface area (TPSA) is 83.6 Å². The second-order valence-corrected chi connectivity index (χ2v) is 4.13. The number of amides is 1. The van der Waals surface area contributed by atoms with Crippen molar-refractivity contribution >= 4 is 22.9 Å². The molecule has 7 heteroatoms. The zero-order valence-corrected chi connectivity index (χ0v) is 13.8. The summed E-state index contributed by atoms with van der Waals surface area (Å²) in [5.74, 6) is 0.409. The van der Waals surface area contributed by atoms with Gasteiger partial charge in [0.15, 0.2) is 0 Å². The zero-order chi connectivity index (χ0) is 12.8. The van der Waals surface area contributed by atoms with Gasteiger partial charge in [0.05, 0.1) is 12.0 Å². The first-order chi connectivity index (χ1) is 8.81. The number of fused-ring (bicyclic) bond motifs is 1. The molecule has 2 aromatic heterocycles. The molecule has 0 bridgehead atoms. The van der Waals surface area contributed by atoms with Gasteiger partial charge >= 0.3 is 0 Å². The third kappa shape index (κ3) is 4.62. The Balaban J connectivity index is 0.00000180. The fourth-order valence-electron chi connectivity index (χ4n) is 1.72. The van der Waals surface area contributed by atoms with Crippen LogP contribution in [0.1, 0.15) is 39.0 Å². The van der Waals surface area contributed by atoms with Crippen LogP contribution in [0.25, 0.3) is 11.2 Å². The van der Waals surface area contributed by atoms with Crippen molar-refractivity contribution in [3.05, 3.63) is 12.7 Å². The average molecular weight is 335 g/mol. The number of hydrogen-bond acceptors (Lipinski definition) is 4. The van der Waals surface area contributed by atoms with Gasteiger partial charge in [-0.05, 0) is 6.42 Å². The summed E-state index contributed by atoms with van der Waals surface area (Å²) in [6, 6.07) is 0. The number of hydrogen-bond donors (Lipinski definition) is 2. The molecule has 2 N–H and O–H groups in total. The maximum absolute atomic E-state index is 11.7. The van der Waals surface area contributed by atoms with E-state index in [1.165, 1.54) is 12.7 Å². The van der Waals surface area contributed by atoms with Gasteiger partial charge in [-0.3, -0.25) is 9.78 Å². The molecule has 0 fully saturated rings. The number of nitrogens with one attached hydrogen (secondary N) is 2. The van der Waals surface area contributed by atoms with Crippen molar-refractivity contribution in [2.45, 2.75) is 39.0 Å². The minimum Gasteiger partial charge on any atom is -0.363 e. The van der Waals surface area contributed by atoms with Gasteiger partial charge < -0.3 is 20.3 Å². The molecule has 2 aromatic rings. The minimum absolute atomic E-state index is 0. The quantitative estimate of drug-likeness (QED) is 0.625. The molecular formula is C12H16N5OY-. The molecule has 0 atom stereocenters. The number of aromatic nitrogens is 4. The summed E-state index contributed by atoms with van der Waals surface area (Å²) < 4.78 is 0. The van der Waals surface area contributed by atoms with Gasteiger partial charge in [0.1, 0.15) is 0 Å². The van der Waals surface area contributed by atoms with E-state index < -0.39 is 0 Å². The van der Waals surface area contributed by atoms with Gasteiger partial charge in [0.2, 0.25) is 5.91 Å². The van der Waals surface area contributed by atoms with Crippen LogP contribution in [0.4, 0.5) is 5.82 Å². The van der Waals surface area contributed by atoms with Crippen LogP contribution in [0, 0.1) is 6.33 Å². The van der Waals surface area contributed by atoms with Gasteiger partial charge in [-0.2, -0.15) is 0 Å². The Morgan fingerprint density at radius 3 is 3.00 bits per heavy atom. The number of imidazole rings is 1. The van der Waals surface area contributed by atoms with E-state index in [0.717, 1.165) is 19.3 Å². The first kappa shape index (κ1) is 16.2. The Morgan fingerprint density at radius 2 is 2.21 bits per heavy atom. The predicted octanol–water partition coefficient (Wildman–Crippen LogP) is 2.06. The van der Waals surface area contributed by atoms with E-state index in [1.807, 2.05) is 0 Å². The van der Waals surface area contributed by atoms with Crippen LogP contribution in [0.3, 0.4) is 0 Å². The van der Waals surface area contributed by atoms with Crippen LogP contribution < -0.4 is 5.32 Å². The summed E-state index contributed by atoms with van der Waals surface area (Å²) in [5, 5.41) is 2.76. The summed E-state index contributed by atoms with van der Waals surface area (Å²) in [5.41, 5.74) is 1.14. The number of carbonyl (C=O) groups is 1. The van der Waals surface area contributed by atoms with Crippen molar-refractivity contribution in [2.24, 2.45) is 0 Å². The Kier molecular flexibility index (Phi) is 7.09. The van der Waals surface area contributed by atoms with E-state index in [0.29, 0.717) is 23.4 Å². The summed E-state index contributed by atoms with van der Waals surface area (Å²) in [7, 11) is 0. The van der Waals surface area contributed by atoms with Crippen LogP contribution in [0.2, 0.25) is 0 Å². The summed E-state index contributed by atoms with van der Waals surface area (Å²) in [6.07, 6.45) is 8.82. The SMILES string of the molecule is CCCCCCC(=O)Nc1n[c-]nc2nc[nH]c12.[Y]. The Hall–Kier alpha value is -0.876. The summed E-state index contributed by atoms with van der Waals surface area (Å²) in [6.45, 7) is 2.14. The number of carbonyl (C=O) groups excluding carboxylic acids is 1. The maximum Gasteiger partial charge on any atom is 0.214 e. The van der Waals surface area contributed by atoms with Crippen molar-refractivity contribution in [1.82, 2.24) is 19.9 Å². The Labute approximate surface area is 137 Å². The van der Waals surface area contributed by atoms with Crippen LogP contribution in [0.5, 0.6) is 0 Å². The molecule has 1 amide bonds. The van der Waals surface area contributed by atoms with E-state index in [-0.39, 0.29) is 38.6 Å². The molecule has 0 aliphatic rings.